The second kappa shape index (κ2) is 5.04. The van der Waals surface area contributed by atoms with Crippen molar-refractivity contribution in [1.29, 1.82) is 0 Å². The average Bonchev–Trinajstić information content (AvgIpc) is 2.33. The van der Waals surface area contributed by atoms with Gasteiger partial charge in [0.05, 0.1) is 24.8 Å². The van der Waals surface area contributed by atoms with E-state index in [1.54, 1.807) is 7.11 Å². The number of aryl methyl sites for hydroxylation is 1. The summed E-state index contributed by atoms with van der Waals surface area (Å²) < 4.78 is 11.1. The molecule has 0 saturated carbocycles. The molecule has 88 valence electrons. The van der Waals surface area contributed by atoms with Gasteiger partial charge in [-0.3, -0.25) is 0 Å². The van der Waals surface area contributed by atoms with E-state index in [4.69, 9.17) is 21.1 Å². The summed E-state index contributed by atoms with van der Waals surface area (Å²) in [6, 6.07) is 3.85. The maximum absolute atomic E-state index is 6.12. The molecule has 1 aliphatic heterocycles. The van der Waals surface area contributed by atoms with Gasteiger partial charge in [0, 0.05) is 18.7 Å². The minimum absolute atomic E-state index is 0.0300. The zero-order chi connectivity index (χ0) is 11.5. The Kier molecular flexibility index (Phi) is 3.69. The van der Waals surface area contributed by atoms with E-state index in [9.17, 15) is 0 Å². The molecule has 0 amide bonds. The Morgan fingerprint density at radius 3 is 2.94 bits per heavy atom. The van der Waals surface area contributed by atoms with Gasteiger partial charge in [-0.25, -0.2) is 0 Å². The van der Waals surface area contributed by atoms with Crippen LogP contribution < -0.4 is 10.1 Å². The molecule has 3 nitrogen and oxygen atoms in total. The van der Waals surface area contributed by atoms with Crippen LogP contribution in [0.4, 0.5) is 0 Å². The first-order valence-electron chi connectivity index (χ1n) is 5.39. The third-order valence-corrected chi connectivity index (χ3v) is 3.12. The third-order valence-electron chi connectivity index (χ3n) is 2.82. The monoisotopic (exact) mass is 241 g/mol. The van der Waals surface area contributed by atoms with E-state index in [1.165, 1.54) is 0 Å². The highest BCUT2D eigenvalue weighted by molar-refractivity contribution is 6.32. The highest BCUT2D eigenvalue weighted by atomic mass is 35.5. The summed E-state index contributed by atoms with van der Waals surface area (Å²) in [5.41, 5.74) is 2.21. The van der Waals surface area contributed by atoms with E-state index in [-0.39, 0.29) is 6.10 Å². The summed E-state index contributed by atoms with van der Waals surface area (Å²) in [5, 5.41) is 3.94. The van der Waals surface area contributed by atoms with Crippen LogP contribution in [0.3, 0.4) is 0 Å². The van der Waals surface area contributed by atoms with Gasteiger partial charge >= 0.3 is 0 Å². The predicted molar refractivity (Wildman–Crippen MR) is 64.3 cm³/mol. The Bertz CT molecular complexity index is 376. The number of hydrogen-bond donors (Lipinski definition) is 1. The molecule has 2 rings (SSSR count). The average molecular weight is 242 g/mol. The normalized spacial score (nSPS) is 20.8. The van der Waals surface area contributed by atoms with Crippen molar-refractivity contribution in [1.82, 2.24) is 5.32 Å². The van der Waals surface area contributed by atoms with E-state index in [0.717, 1.165) is 36.6 Å². The van der Waals surface area contributed by atoms with Crippen LogP contribution in [0.15, 0.2) is 12.1 Å². The fourth-order valence-electron chi connectivity index (χ4n) is 2.03. The molecule has 0 spiro atoms. The van der Waals surface area contributed by atoms with Gasteiger partial charge in [0.1, 0.15) is 5.75 Å². The van der Waals surface area contributed by atoms with Crippen molar-refractivity contribution in [2.45, 2.75) is 13.0 Å². The van der Waals surface area contributed by atoms with Crippen LogP contribution in [0.2, 0.25) is 5.02 Å². The Morgan fingerprint density at radius 2 is 2.31 bits per heavy atom. The van der Waals surface area contributed by atoms with E-state index in [1.807, 2.05) is 19.1 Å². The van der Waals surface area contributed by atoms with Crippen molar-refractivity contribution in [3.8, 4) is 5.75 Å². The highest BCUT2D eigenvalue weighted by Crippen LogP contribution is 2.36. The number of methoxy groups -OCH3 is 1. The maximum Gasteiger partial charge on any atom is 0.143 e. The summed E-state index contributed by atoms with van der Waals surface area (Å²) in [7, 11) is 1.64. The topological polar surface area (TPSA) is 30.5 Å². The van der Waals surface area contributed by atoms with E-state index < -0.39 is 0 Å². The number of halogens is 1. The lowest BCUT2D eigenvalue weighted by Crippen LogP contribution is -2.33. The van der Waals surface area contributed by atoms with Crippen LogP contribution in [0, 0.1) is 6.92 Å². The van der Waals surface area contributed by atoms with Crippen molar-refractivity contribution in [2.24, 2.45) is 0 Å². The Balaban J connectivity index is 2.40. The van der Waals surface area contributed by atoms with Gasteiger partial charge in [0.25, 0.3) is 0 Å². The first-order valence-corrected chi connectivity index (χ1v) is 5.77. The number of morpholine rings is 1. The van der Waals surface area contributed by atoms with Gasteiger partial charge < -0.3 is 14.8 Å². The fourth-order valence-corrected chi connectivity index (χ4v) is 2.27. The van der Waals surface area contributed by atoms with E-state index in [0.29, 0.717) is 5.02 Å². The lowest BCUT2D eigenvalue weighted by molar-refractivity contribution is 0.0259. The van der Waals surface area contributed by atoms with Crippen LogP contribution in [0.25, 0.3) is 0 Å². The van der Waals surface area contributed by atoms with Crippen LogP contribution in [-0.4, -0.2) is 26.8 Å². The van der Waals surface area contributed by atoms with Crippen LogP contribution in [0.1, 0.15) is 17.2 Å². The molecule has 1 N–H and O–H groups in total. The summed E-state index contributed by atoms with van der Waals surface area (Å²) in [5.74, 6) is 0.732. The fraction of sp³-hybridized carbons (Fsp3) is 0.500. The molecule has 0 bridgehead atoms. The minimum Gasteiger partial charge on any atom is -0.495 e. The molecule has 0 radical (unpaired) electrons. The number of benzene rings is 1. The smallest absolute Gasteiger partial charge is 0.143 e. The maximum atomic E-state index is 6.12. The molecule has 1 aromatic rings. The standard InChI is InChI=1S/C12H16ClNO2/c1-8-3-4-9(13)12(15-2)11(8)10-7-14-5-6-16-10/h3-4,10,14H,5-7H2,1-2H3. The van der Waals surface area contributed by atoms with Crippen molar-refractivity contribution in [2.75, 3.05) is 26.8 Å². The highest BCUT2D eigenvalue weighted by Gasteiger charge is 2.23. The van der Waals surface area contributed by atoms with Crippen molar-refractivity contribution < 1.29 is 9.47 Å². The molecule has 1 unspecified atom stereocenters. The van der Waals surface area contributed by atoms with E-state index in [2.05, 4.69) is 5.32 Å². The van der Waals surface area contributed by atoms with Gasteiger partial charge in [0.2, 0.25) is 0 Å². The molecule has 16 heavy (non-hydrogen) atoms. The van der Waals surface area contributed by atoms with Gasteiger partial charge in [-0.2, -0.15) is 0 Å². The summed E-state index contributed by atoms with van der Waals surface area (Å²) in [4.78, 5) is 0. The molecule has 0 aromatic heterocycles. The summed E-state index contributed by atoms with van der Waals surface area (Å²) >= 11 is 6.12. The molecule has 0 aliphatic carbocycles. The van der Waals surface area contributed by atoms with Crippen molar-refractivity contribution in [3.63, 3.8) is 0 Å². The lowest BCUT2D eigenvalue weighted by Gasteiger charge is -2.27. The quantitative estimate of drug-likeness (QED) is 0.862. The van der Waals surface area contributed by atoms with Crippen molar-refractivity contribution in [3.05, 3.63) is 28.3 Å². The predicted octanol–water partition coefficient (Wildman–Crippen LogP) is 2.32. The molecule has 1 fully saturated rings. The SMILES string of the molecule is COc1c(Cl)ccc(C)c1C1CNCCO1. The zero-order valence-electron chi connectivity index (χ0n) is 9.55. The Labute approximate surface area is 101 Å². The van der Waals surface area contributed by atoms with E-state index >= 15 is 0 Å². The van der Waals surface area contributed by atoms with Gasteiger partial charge in [0.15, 0.2) is 0 Å². The molecule has 1 aromatic carbocycles. The van der Waals surface area contributed by atoms with Crippen molar-refractivity contribution >= 4 is 11.6 Å². The number of rotatable bonds is 2. The second-order valence-electron chi connectivity index (χ2n) is 3.87. The Hall–Kier alpha value is -0.770. The number of ether oxygens (including phenoxy) is 2. The number of nitrogens with one attached hydrogen (secondary N) is 1. The minimum atomic E-state index is 0.0300. The molecule has 1 atom stereocenters. The summed E-state index contributed by atoms with van der Waals surface area (Å²) in [6.07, 6.45) is 0.0300. The largest absolute Gasteiger partial charge is 0.495 e. The van der Waals surface area contributed by atoms with Gasteiger partial charge in [-0.15, -0.1) is 0 Å². The lowest BCUT2D eigenvalue weighted by atomic mass is 10.0. The van der Waals surface area contributed by atoms with Crippen LogP contribution in [-0.2, 0) is 4.74 Å². The third kappa shape index (κ3) is 2.17. The molecule has 1 saturated heterocycles. The number of hydrogen-bond acceptors (Lipinski definition) is 3. The zero-order valence-corrected chi connectivity index (χ0v) is 10.3. The Morgan fingerprint density at radius 1 is 1.50 bits per heavy atom. The molecule has 4 heteroatoms. The first kappa shape index (κ1) is 11.7. The molecular formula is C12H16ClNO2. The van der Waals surface area contributed by atoms with Crippen LogP contribution >= 0.6 is 11.6 Å². The molecule has 1 heterocycles. The van der Waals surface area contributed by atoms with Crippen LogP contribution in [0.5, 0.6) is 5.75 Å². The van der Waals surface area contributed by atoms with Gasteiger partial charge in [-0.1, -0.05) is 17.7 Å². The molecular weight excluding hydrogens is 226 g/mol. The van der Waals surface area contributed by atoms with Gasteiger partial charge in [-0.05, 0) is 18.6 Å². The molecule has 1 aliphatic rings. The first-order chi connectivity index (χ1) is 7.74. The summed E-state index contributed by atoms with van der Waals surface area (Å²) in [6.45, 7) is 4.47. The second-order valence-corrected chi connectivity index (χ2v) is 4.28.